The van der Waals surface area contributed by atoms with E-state index >= 15 is 0 Å². The van der Waals surface area contributed by atoms with Crippen molar-refractivity contribution in [3.8, 4) is 5.75 Å². The monoisotopic (exact) mass is 402 g/mol. The first-order valence-electron chi connectivity index (χ1n) is 10.2. The number of aromatic amines is 1. The number of para-hydroxylation sites is 1. The molecule has 0 saturated heterocycles. The molecule has 1 atom stereocenters. The summed E-state index contributed by atoms with van der Waals surface area (Å²) in [4.78, 5) is 16.3. The highest BCUT2D eigenvalue weighted by Gasteiger charge is 2.22. The molecule has 0 spiro atoms. The minimum atomic E-state index is -0.0995. The Bertz CT molecular complexity index is 1130. The summed E-state index contributed by atoms with van der Waals surface area (Å²) < 4.78 is 10.8. The SMILES string of the molecule is CCc1cccc2c([C@H](CC(=O)NCc3ccco3)c3cccc(OC)c3)c[nH]c12. The summed E-state index contributed by atoms with van der Waals surface area (Å²) in [6, 6.07) is 18.0. The van der Waals surface area contributed by atoms with Crippen molar-refractivity contribution in [3.63, 3.8) is 0 Å². The van der Waals surface area contributed by atoms with Gasteiger partial charge in [0.25, 0.3) is 0 Å². The van der Waals surface area contributed by atoms with Crippen LogP contribution in [0, 0.1) is 0 Å². The Kier molecular flexibility index (Phi) is 5.89. The predicted molar refractivity (Wildman–Crippen MR) is 118 cm³/mol. The van der Waals surface area contributed by atoms with Gasteiger partial charge in [0.05, 0.1) is 19.9 Å². The lowest BCUT2D eigenvalue weighted by molar-refractivity contribution is -0.121. The zero-order valence-corrected chi connectivity index (χ0v) is 17.3. The first kappa shape index (κ1) is 19.8. The van der Waals surface area contributed by atoms with E-state index in [1.54, 1.807) is 13.4 Å². The molecule has 2 heterocycles. The lowest BCUT2D eigenvalue weighted by atomic mass is 9.87. The second kappa shape index (κ2) is 8.91. The number of furan rings is 1. The average molecular weight is 402 g/mol. The number of carbonyl (C=O) groups is 1. The number of nitrogens with one attached hydrogen (secondary N) is 2. The predicted octanol–water partition coefficient (Wildman–Crippen LogP) is 5.17. The number of carbonyl (C=O) groups excluding carboxylic acids is 1. The van der Waals surface area contributed by atoms with Crippen molar-refractivity contribution in [2.24, 2.45) is 0 Å². The van der Waals surface area contributed by atoms with Crippen molar-refractivity contribution in [2.75, 3.05) is 7.11 Å². The molecule has 0 aliphatic rings. The van der Waals surface area contributed by atoms with Crippen LogP contribution in [0.25, 0.3) is 10.9 Å². The molecule has 2 N–H and O–H groups in total. The van der Waals surface area contributed by atoms with Crippen LogP contribution in [0.15, 0.2) is 71.5 Å². The summed E-state index contributed by atoms with van der Waals surface area (Å²) in [5, 5.41) is 4.13. The van der Waals surface area contributed by atoms with Crippen LogP contribution in [0.1, 0.15) is 41.7 Å². The highest BCUT2D eigenvalue weighted by atomic mass is 16.5. The van der Waals surface area contributed by atoms with Gasteiger partial charge in [0.15, 0.2) is 0 Å². The molecule has 2 aromatic carbocycles. The van der Waals surface area contributed by atoms with E-state index in [9.17, 15) is 4.79 Å². The Morgan fingerprint density at radius 2 is 2.03 bits per heavy atom. The third-order valence-electron chi connectivity index (χ3n) is 5.52. The molecule has 30 heavy (non-hydrogen) atoms. The zero-order chi connectivity index (χ0) is 20.9. The Hall–Kier alpha value is -3.47. The minimum absolute atomic E-state index is 0.0276. The van der Waals surface area contributed by atoms with Crippen molar-refractivity contribution in [3.05, 3.63) is 89.5 Å². The number of aromatic nitrogens is 1. The van der Waals surface area contributed by atoms with Crippen LogP contribution in [-0.2, 0) is 17.8 Å². The number of H-pyrrole nitrogens is 1. The normalized spacial score (nSPS) is 12.1. The van der Waals surface area contributed by atoms with Gasteiger partial charge in [-0.15, -0.1) is 0 Å². The van der Waals surface area contributed by atoms with Crippen molar-refractivity contribution in [1.29, 1.82) is 0 Å². The molecule has 0 unspecified atom stereocenters. The molecule has 0 aliphatic heterocycles. The zero-order valence-electron chi connectivity index (χ0n) is 17.3. The molecule has 0 saturated carbocycles. The summed E-state index contributed by atoms with van der Waals surface area (Å²) in [5.41, 5.74) is 4.57. The first-order chi connectivity index (χ1) is 14.7. The van der Waals surface area contributed by atoms with Crippen LogP contribution in [-0.4, -0.2) is 18.0 Å². The maximum absolute atomic E-state index is 12.8. The number of hydrogen-bond acceptors (Lipinski definition) is 3. The molecule has 0 aliphatic carbocycles. The van der Waals surface area contributed by atoms with E-state index in [0.717, 1.165) is 40.0 Å². The van der Waals surface area contributed by atoms with E-state index in [1.807, 2.05) is 36.5 Å². The fourth-order valence-corrected chi connectivity index (χ4v) is 3.94. The molecule has 1 amide bonds. The van der Waals surface area contributed by atoms with Crippen LogP contribution >= 0.6 is 0 Å². The second-order valence-corrected chi connectivity index (χ2v) is 7.33. The molecule has 5 heteroatoms. The van der Waals surface area contributed by atoms with Crippen molar-refractivity contribution in [2.45, 2.75) is 32.2 Å². The Balaban J connectivity index is 1.68. The average Bonchev–Trinajstić information content (AvgIpc) is 3.46. The van der Waals surface area contributed by atoms with Gasteiger partial charge in [-0.1, -0.05) is 37.3 Å². The van der Waals surface area contributed by atoms with Gasteiger partial charge in [-0.05, 0) is 47.4 Å². The molecule has 2 aromatic heterocycles. The maximum atomic E-state index is 12.8. The lowest BCUT2D eigenvalue weighted by Crippen LogP contribution is -2.24. The quantitative estimate of drug-likeness (QED) is 0.427. The van der Waals surface area contributed by atoms with Crippen LogP contribution in [0.4, 0.5) is 0 Å². The van der Waals surface area contributed by atoms with Crippen molar-refractivity contribution >= 4 is 16.8 Å². The summed E-state index contributed by atoms with van der Waals surface area (Å²) in [6.45, 7) is 2.53. The standard InChI is InChI=1S/C25H26N2O3/c1-3-17-7-5-11-21-23(16-27-25(17)21)22(18-8-4-9-19(13-18)29-2)14-24(28)26-15-20-10-6-12-30-20/h4-13,16,22,27H,3,14-15H2,1-2H3,(H,26,28)/t22-/m1/s1. The second-order valence-electron chi connectivity index (χ2n) is 7.33. The van der Waals surface area contributed by atoms with Gasteiger partial charge >= 0.3 is 0 Å². The third kappa shape index (κ3) is 4.10. The highest BCUT2D eigenvalue weighted by Crippen LogP contribution is 2.35. The molecule has 5 nitrogen and oxygen atoms in total. The lowest BCUT2D eigenvalue weighted by Gasteiger charge is -2.18. The Labute approximate surface area is 176 Å². The van der Waals surface area contributed by atoms with Gasteiger partial charge < -0.3 is 19.5 Å². The number of hydrogen-bond donors (Lipinski definition) is 2. The summed E-state index contributed by atoms with van der Waals surface area (Å²) >= 11 is 0. The van der Waals surface area contributed by atoms with E-state index in [-0.39, 0.29) is 11.8 Å². The third-order valence-corrected chi connectivity index (χ3v) is 5.52. The molecule has 0 fully saturated rings. The maximum Gasteiger partial charge on any atom is 0.221 e. The fourth-order valence-electron chi connectivity index (χ4n) is 3.94. The minimum Gasteiger partial charge on any atom is -0.497 e. The van der Waals surface area contributed by atoms with Gasteiger partial charge in [0, 0.05) is 29.4 Å². The van der Waals surface area contributed by atoms with Crippen LogP contribution in [0.3, 0.4) is 0 Å². The summed E-state index contributed by atoms with van der Waals surface area (Å²) in [7, 11) is 1.66. The smallest absolute Gasteiger partial charge is 0.221 e. The summed E-state index contributed by atoms with van der Waals surface area (Å²) in [5.74, 6) is 1.39. The molecule has 0 radical (unpaired) electrons. The van der Waals surface area contributed by atoms with Gasteiger partial charge in [0.1, 0.15) is 11.5 Å². The number of fused-ring (bicyclic) bond motifs is 1. The first-order valence-corrected chi connectivity index (χ1v) is 10.2. The molecule has 0 bridgehead atoms. The number of ether oxygens (including phenoxy) is 1. The van der Waals surface area contributed by atoms with Crippen LogP contribution in [0.5, 0.6) is 5.75 Å². The topological polar surface area (TPSA) is 67.3 Å². The fraction of sp³-hybridized carbons (Fsp3) is 0.240. The van der Waals surface area contributed by atoms with Gasteiger partial charge in [0.2, 0.25) is 5.91 Å². The van der Waals surface area contributed by atoms with Crippen molar-refractivity contribution < 1.29 is 13.9 Å². The highest BCUT2D eigenvalue weighted by molar-refractivity contribution is 5.88. The molecular weight excluding hydrogens is 376 g/mol. The molecule has 154 valence electrons. The Morgan fingerprint density at radius 3 is 2.80 bits per heavy atom. The summed E-state index contributed by atoms with van der Waals surface area (Å²) in [6.07, 6.45) is 4.92. The number of benzene rings is 2. The molecule has 4 rings (SSSR count). The number of amides is 1. The molecular formula is C25H26N2O3. The number of aryl methyl sites for hydroxylation is 1. The molecule has 4 aromatic rings. The van der Waals surface area contributed by atoms with E-state index in [2.05, 4.69) is 41.5 Å². The largest absolute Gasteiger partial charge is 0.497 e. The van der Waals surface area contributed by atoms with E-state index in [0.29, 0.717) is 13.0 Å². The van der Waals surface area contributed by atoms with Crippen LogP contribution in [0.2, 0.25) is 0 Å². The van der Waals surface area contributed by atoms with E-state index in [1.165, 1.54) is 5.56 Å². The van der Waals surface area contributed by atoms with Gasteiger partial charge in [-0.2, -0.15) is 0 Å². The van der Waals surface area contributed by atoms with E-state index in [4.69, 9.17) is 9.15 Å². The van der Waals surface area contributed by atoms with Crippen LogP contribution < -0.4 is 10.1 Å². The van der Waals surface area contributed by atoms with Gasteiger partial charge in [-0.3, -0.25) is 4.79 Å². The van der Waals surface area contributed by atoms with Crippen molar-refractivity contribution in [1.82, 2.24) is 10.3 Å². The number of methoxy groups -OCH3 is 1. The number of rotatable bonds is 8. The van der Waals surface area contributed by atoms with Gasteiger partial charge in [-0.25, -0.2) is 0 Å². The van der Waals surface area contributed by atoms with E-state index < -0.39 is 0 Å². The Morgan fingerprint density at radius 1 is 1.17 bits per heavy atom.